The normalized spacial score (nSPS) is 12.0. The fourth-order valence-corrected chi connectivity index (χ4v) is 3.24. The van der Waals surface area contributed by atoms with Crippen molar-refractivity contribution in [1.82, 2.24) is 0 Å². The average molecular weight is 251 g/mol. The maximum absolute atomic E-state index is 6.39. The van der Waals surface area contributed by atoms with Gasteiger partial charge in [-0.25, -0.2) is 0 Å². The van der Waals surface area contributed by atoms with Gasteiger partial charge in [0.15, 0.2) is 0 Å². The highest BCUT2D eigenvalue weighted by atomic mass is 35.6. The van der Waals surface area contributed by atoms with Crippen molar-refractivity contribution in [2.24, 2.45) is 0 Å². The summed E-state index contributed by atoms with van der Waals surface area (Å²) in [6, 6.07) is 2.06. The lowest BCUT2D eigenvalue weighted by Crippen LogP contribution is -2.29. The predicted molar refractivity (Wildman–Crippen MR) is 71.9 cm³/mol. The molecule has 0 fully saturated rings. The van der Waals surface area contributed by atoms with Crippen molar-refractivity contribution in [2.45, 2.75) is 71.4 Å². The van der Waals surface area contributed by atoms with E-state index in [1.807, 2.05) is 0 Å². The summed E-state index contributed by atoms with van der Waals surface area (Å²) in [5.41, 5.74) is 0. The summed E-state index contributed by atoms with van der Waals surface area (Å²) in [5, 5.41) is 0. The minimum atomic E-state index is -1.80. The number of hydrogen-bond acceptors (Lipinski definition) is 1. The van der Waals surface area contributed by atoms with Gasteiger partial charge in [0, 0.05) is 6.61 Å². The molecule has 0 N–H and O–H groups in total. The second-order valence-corrected chi connectivity index (χ2v) is 9.74. The molecule has 0 aliphatic carbocycles. The first-order chi connectivity index (χ1) is 7.18. The molecule has 0 spiro atoms. The Hall–Kier alpha value is 0.467. The highest BCUT2D eigenvalue weighted by Crippen LogP contribution is 2.21. The zero-order valence-corrected chi connectivity index (χ0v) is 12.4. The Morgan fingerprint density at radius 1 is 0.867 bits per heavy atom. The van der Waals surface area contributed by atoms with E-state index in [1.54, 1.807) is 0 Å². The lowest BCUT2D eigenvalue weighted by molar-refractivity contribution is 0.299. The van der Waals surface area contributed by atoms with Crippen LogP contribution in [0.4, 0.5) is 0 Å². The van der Waals surface area contributed by atoms with Crippen LogP contribution in [-0.2, 0) is 4.43 Å². The van der Waals surface area contributed by atoms with Crippen molar-refractivity contribution in [2.75, 3.05) is 6.61 Å². The Morgan fingerprint density at radius 3 is 1.93 bits per heavy atom. The monoisotopic (exact) mass is 250 g/mol. The summed E-state index contributed by atoms with van der Waals surface area (Å²) in [7, 11) is -1.80. The summed E-state index contributed by atoms with van der Waals surface area (Å²) in [6.07, 6.45) is 7.91. The molecule has 3 heteroatoms. The largest absolute Gasteiger partial charge is 0.403 e. The molecule has 0 unspecified atom stereocenters. The fraction of sp³-hybridized carbons (Fsp3) is 1.00. The van der Waals surface area contributed by atoms with E-state index in [-0.39, 0.29) is 0 Å². The summed E-state index contributed by atoms with van der Waals surface area (Å²) in [5.74, 6) is 0. The van der Waals surface area contributed by atoms with Crippen LogP contribution in [0.5, 0.6) is 0 Å². The van der Waals surface area contributed by atoms with E-state index >= 15 is 0 Å². The molecule has 0 aliphatic rings. The molecule has 0 bridgehead atoms. The molecule has 92 valence electrons. The maximum atomic E-state index is 6.39. The molecule has 1 nitrogen and oxygen atoms in total. The van der Waals surface area contributed by atoms with E-state index in [9.17, 15) is 0 Å². The second kappa shape index (κ2) is 9.68. The molecule has 0 atom stereocenters. The zero-order chi connectivity index (χ0) is 11.6. The Bertz CT molecular complexity index is 138. The van der Waals surface area contributed by atoms with Gasteiger partial charge in [-0.1, -0.05) is 52.9 Å². The molecule has 0 radical (unpaired) electrons. The van der Waals surface area contributed by atoms with E-state index in [4.69, 9.17) is 15.5 Å². The fourth-order valence-electron chi connectivity index (χ4n) is 1.59. The van der Waals surface area contributed by atoms with Gasteiger partial charge in [0.1, 0.15) is 0 Å². The average Bonchev–Trinajstić information content (AvgIpc) is 2.27. The predicted octanol–water partition coefficient (Wildman–Crippen LogP) is 5.08. The van der Waals surface area contributed by atoms with E-state index in [1.165, 1.54) is 38.5 Å². The lowest BCUT2D eigenvalue weighted by Gasteiger charge is -2.21. The van der Waals surface area contributed by atoms with Gasteiger partial charge in [-0.05, 0) is 18.5 Å². The topological polar surface area (TPSA) is 9.23 Å². The van der Waals surface area contributed by atoms with Crippen molar-refractivity contribution in [1.29, 1.82) is 0 Å². The van der Waals surface area contributed by atoms with Crippen molar-refractivity contribution in [3.63, 3.8) is 0 Å². The van der Waals surface area contributed by atoms with E-state index in [0.29, 0.717) is 0 Å². The molecule has 0 amide bonds. The first-order valence-corrected chi connectivity index (χ1v) is 9.84. The van der Waals surface area contributed by atoms with Gasteiger partial charge in [0.2, 0.25) is 0 Å². The second-order valence-electron chi connectivity index (χ2n) is 4.21. The number of halogens is 1. The third kappa shape index (κ3) is 8.29. The number of rotatable bonds is 10. The molecular formula is C12H27ClOSi. The van der Waals surface area contributed by atoms with Crippen LogP contribution in [-0.4, -0.2) is 14.2 Å². The molecule has 0 aliphatic heterocycles. The summed E-state index contributed by atoms with van der Waals surface area (Å²) in [6.45, 7) is 7.41. The van der Waals surface area contributed by atoms with Crippen molar-refractivity contribution >= 4 is 18.7 Å². The molecular weight excluding hydrogens is 224 g/mol. The Morgan fingerprint density at radius 2 is 1.40 bits per heavy atom. The molecule has 0 saturated heterocycles. The quantitative estimate of drug-likeness (QED) is 0.298. The van der Waals surface area contributed by atoms with Crippen LogP contribution in [0.2, 0.25) is 12.1 Å². The summed E-state index contributed by atoms with van der Waals surface area (Å²) in [4.78, 5) is 0. The third-order valence-electron chi connectivity index (χ3n) is 2.91. The van der Waals surface area contributed by atoms with Crippen LogP contribution in [0, 0.1) is 0 Å². The Labute approximate surface area is 101 Å². The van der Waals surface area contributed by atoms with Crippen LogP contribution >= 0.6 is 11.1 Å². The molecule has 0 saturated carbocycles. The molecule has 0 aromatic heterocycles. The van der Waals surface area contributed by atoms with E-state index in [0.717, 1.165) is 18.7 Å². The first-order valence-electron chi connectivity index (χ1n) is 6.51. The van der Waals surface area contributed by atoms with E-state index < -0.39 is 7.63 Å². The highest BCUT2D eigenvalue weighted by Gasteiger charge is 2.27. The molecule has 0 rings (SSSR count). The number of hydrogen-bond donors (Lipinski definition) is 0. The van der Waals surface area contributed by atoms with Crippen molar-refractivity contribution < 1.29 is 4.43 Å². The zero-order valence-electron chi connectivity index (χ0n) is 10.7. The van der Waals surface area contributed by atoms with Crippen LogP contribution < -0.4 is 0 Å². The number of unbranched alkanes of at least 4 members (excludes halogenated alkanes) is 5. The van der Waals surface area contributed by atoms with Gasteiger partial charge in [-0.3, -0.25) is 0 Å². The Balaban J connectivity index is 3.29. The first kappa shape index (κ1) is 15.5. The van der Waals surface area contributed by atoms with Crippen LogP contribution in [0.15, 0.2) is 0 Å². The minimum absolute atomic E-state index is 0.878. The smallest absolute Gasteiger partial charge is 0.289 e. The van der Waals surface area contributed by atoms with Gasteiger partial charge >= 0.3 is 0 Å². The van der Waals surface area contributed by atoms with Gasteiger partial charge < -0.3 is 4.43 Å². The lowest BCUT2D eigenvalue weighted by atomic mass is 10.1. The van der Waals surface area contributed by atoms with Crippen molar-refractivity contribution in [3.8, 4) is 0 Å². The molecule has 0 aromatic carbocycles. The van der Waals surface area contributed by atoms with Gasteiger partial charge in [0.25, 0.3) is 7.63 Å². The minimum Gasteiger partial charge on any atom is -0.403 e. The maximum Gasteiger partial charge on any atom is 0.289 e. The third-order valence-corrected chi connectivity index (χ3v) is 7.68. The molecule has 15 heavy (non-hydrogen) atoms. The molecule has 0 heterocycles. The van der Waals surface area contributed by atoms with Gasteiger partial charge in [0.05, 0.1) is 0 Å². The summed E-state index contributed by atoms with van der Waals surface area (Å²) >= 11 is 6.39. The van der Waals surface area contributed by atoms with Crippen LogP contribution in [0.1, 0.15) is 59.3 Å². The SMILES string of the molecule is CCCCCCCCO[Si](Cl)(CC)CC. The van der Waals surface area contributed by atoms with Crippen molar-refractivity contribution in [3.05, 3.63) is 0 Å². The van der Waals surface area contributed by atoms with Gasteiger partial charge in [-0.2, -0.15) is 0 Å². The standard InChI is InChI=1S/C12H27ClOSi/c1-4-7-8-9-10-11-12-14-15(13,5-2)6-3/h4-12H2,1-3H3. The van der Waals surface area contributed by atoms with Crippen LogP contribution in [0.25, 0.3) is 0 Å². The van der Waals surface area contributed by atoms with Crippen LogP contribution in [0.3, 0.4) is 0 Å². The van der Waals surface area contributed by atoms with Gasteiger partial charge in [-0.15, -0.1) is 11.1 Å². The molecule has 0 aromatic rings. The Kier molecular flexibility index (Phi) is 9.98. The van der Waals surface area contributed by atoms with E-state index in [2.05, 4.69) is 20.8 Å². The highest BCUT2D eigenvalue weighted by molar-refractivity contribution is 7.16. The summed E-state index contributed by atoms with van der Waals surface area (Å²) < 4.78 is 5.84.